The number of amides is 1. The molecule has 0 saturated carbocycles. The van der Waals surface area contributed by atoms with Crippen molar-refractivity contribution in [3.05, 3.63) is 65.5 Å². The number of rotatable bonds is 7. The predicted molar refractivity (Wildman–Crippen MR) is 86.1 cm³/mol. The molecule has 3 nitrogen and oxygen atoms in total. The summed E-state index contributed by atoms with van der Waals surface area (Å²) in [6.07, 6.45) is 0. The molecule has 2 aromatic carbocycles. The largest absolute Gasteiger partial charge is 0.380 e. The Kier molecular flexibility index (Phi) is 6.43. The molecule has 0 aliphatic rings. The van der Waals surface area contributed by atoms with Crippen molar-refractivity contribution in [2.45, 2.75) is 18.0 Å². The second kappa shape index (κ2) is 8.56. The van der Waals surface area contributed by atoms with E-state index in [1.165, 1.54) is 23.9 Å². The van der Waals surface area contributed by atoms with Gasteiger partial charge in [0.25, 0.3) is 0 Å². The number of halogens is 1. The molecule has 0 spiro atoms. The third-order valence-electron chi connectivity index (χ3n) is 3.08. The van der Waals surface area contributed by atoms with Crippen LogP contribution in [0.4, 0.5) is 4.39 Å². The fraction of sp³-hybridized carbons (Fsp3) is 0.235. The number of carbonyl (C=O) groups excluding carboxylic acids is 1. The highest BCUT2D eigenvalue weighted by Gasteiger charge is 2.06. The maximum absolute atomic E-state index is 12.8. The maximum atomic E-state index is 12.8. The molecule has 0 unspecified atom stereocenters. The zero-order chi connectivity index (χ0) is 15.8. The van der Waals surface area contributed by atoms with Crippen LogP contribution in [0, 0.1) is 5.82 Å². The van der Waals surface area contributed by atoms with Gasteiger partial charge in [-0.2, -0.15) is 0 Å². The Bertz CT molecular complexity index is 616. The van der Waals surface area contributed by atoms with Crippen molar-refractivity contribution in [1.29, 1.82) is 0 Å². The fourth-order valence-corrected chi connectivity index (χ4v) is 2.68. The van der Waals surface area contributed by atoms with Gasteiger partial charge in [0.15, 0.2) is 0 Å². The van der Waals surface area contributed by atoms with Crippen molar-refractivity contribution < 1.29 is 13.9 Å². The Labute approximate surface area is 133 Å². The van der Waals surface area contributed by atoms with Crippen LogP contribution in [0.1, 0.15) is 11.1 Å². The van der Waals surface area contributed by atoms with E-state index in [9.17, 15) is 9.18 Å². The van der Waals surface area contributed by atoms with Gasteiger partial charge in [-0.1, -0.05) is 24.3 Å². The van der Waals surface area contributed by atoms with Gasteiger partial charge >= 0.3 is 0 Å². The standard InChI is InChI=1S/C17H18FNO2S/c1-21-11-14-5-3-2-4-13(14)10-19-17(20)12-22-16-8-6-15(18)7-9-16/h2-9H,10-12H2,1H3,(H,19,20). The summed E-state index contributed by atoms with van der Waals surface area (Å²) >= 11 is 1.38. The van der Waals surface area contributed by atoms with Crippen molar-refractivity contribution in [2.75, 3.05) is 12.9 Å². The molecular weight excluding hydrogens is 301 g/mol. The Morgan fingerprint density at radius 3 is 2.50 bits per heavy atom. The second-order valence-electron chi connectivity index (χ2n) is 4.72. The Morgan fingerprint density at radius 2 is 1.82 bits per heavy atom. The molecule has 0 heterocycles. The lowest BCUT2D eigenvalue weighted by molar-refractivity contribution is -0.118. The van der Waals surface area contributed by atoms with E-state index in [1.54, 1.807) is 19.2 Å². The van der Waals surface area contributed by atoms with E-state index in [1.807, 2.05) is 24.3 Å². The van der Waals surface area contributed by atoms with E-state index < -0.39 is 0 Å². The summed E-state index contributed by atoms with van der Waals surface area (Å²) in [5.41, 5.74) is 2.11. The fourth-order valence-electron chi connectivity index (χ4n) is 1.95. The van der Waals surface area contributed by atoms with Gasteiger partial charge in [0.1, 0.15) is 5.82 Å². The van der Waals surface area contributed by atoms with Gasteiger partial charge in [0.05, 0.1) is 12.4 Å². The smallest absolute Gasteiger partial charge is 0.230 e. The van der Waals surface area contributed by atoms with Crippen LogP contribution < -0.4 is 5.32 Å². The van der Waals surface area contributed by atoms with E-state index in [2.05, 4.69) is 5.32 Å². The van der Waals surface area contributed by atoms with Crippen LogP contribution in [0.15, 0.2) is 53.4 Å². The molecule has 0 atom stereocenters. The van der Waals surface area contributed by atoms with Crippen LogP contribution in [0.2, 0.25) is 0 Å². The number of benzene rings is 2. The predicted octanol–water partition coefficient (Wildman–Crippen LogP) is 3.38. The van der Waals surface area contributed by atoms with Gasteiger partial charge in [-0.15, -0.1) is 11.8 Å². The Morgan fingerprint density at radius 1 is 1.14 bits per heavy atom. The van der Waals surface area contributed by atoms with E-state index in [4.69, 9.17) is 4.74 Å². The van der Waals surface area contributed by atoms with E-state index in [0.29, 0.717) is 18.9 Å². The van der Waals surface area contributed by atoms with E-state index >= 15 is 0 Å². The van der Waals surface area contributed by atoms with Crippen LogP contribution in [0.3, 0.4) is 0 Å². The van der Waals surface area contributed by atoms with Gasteiger partial charge in [-0.3, -0.25) is 4.79 Å². The summed E-state index contributed by atoms with van der Waals surface area (Å²) in [5.74, 6) is -0.0250. The average molecular weight is 319 g/mol. The average Bonchev–Trinajstić information content (AvgIpc) is 2.54. The van der Waals surface area contributed by atoms with Crippen LogP contribution in [-0.2, 0) is 22.7 Å². The topological polar surface area (TPSA) is 38.3 Å². The quantitative estimate of drug-likeness (QED) is 0.795. The van der Waals surface area contributed by atoms with E-state index in [0.717, 1.165) is 16.0 Å². The lowest BCUT2D eigenvalue weighted by Crippen LogP contribution is -2.25. The highest BCUT2D eigenvalue weighted by molar-refractivity contribution is 8.00. The van der Waals surface area contributed by atoms with Crippen molar-refractivity contribution in [3.63, 3.8) is 0 Å². The molecule has 0 aliphatic carbocycles. The third kappa shape index (κ3) is 5.16. The van der Waals surface area contributed by atoms with Crippen molar-refractivity contribution >= 4 is 17.7 Å². The van der Waals surface area contributed by atoms with Gasteiger partial charge in [-0.25, -0.2) is 4.39 Å². The number of hydrogen-bond acceptors (Lipinski definition) is 3. The SMILES string of the molecule is COCc1ccccc1CNC(=O)CSc1ccc(F)cc1. The van der Waals surface area contributed by atoms with Gasteiger partial charge in [0, 0.05) is 18.6 Å². The van der Waals surface area contributed by atoms with Crippen LogP contribution in [0.25, 0.3) is 0 Å². The van der Waals surface area contributed by atoms with Crippen molar-refractivity contribution in [2.24, 2.45) is 0 Å². The lowest BCUT2D eigenvalue weighted by Gasteiger charge is -2.10. The normalized spacial score (nSPS) is 10.5. The first-order valence-electron chi connectivity index (χ1n) is 6.90. The number of carbonyl (C=O) groups is 1. The highest BCUT2D eigenvalue weighted by atomic mass is 32.2. The van der Waals surface area contributed by atoms with Crippen LogP contribution in [-0.4, -0.2) is 18.8 Å². The summed E-state index contributed by atoms with van der Waals surface area (Å²) < 4.78 is 17.9. The van der Waals surface area contributed by atoms with Crippen LogP contribution in [0.5, 0.6) is 0 Å². The van der Waals surface area contributed by atoms with E-state index in [-0.39, 0.29) is 11.7 Å². The number of hydrogen-bond donors (Lipinski definition) is 1. The number of thioether (sulfide) groups is 1. The molecule has 2 aromatic rings. The zero-order valence-electron chi connectivity index (χ0n) is 12.3. The van der Waals surface area contributed by atoms with Gasteiger partial charge in [0.2, 0.25) is 5.91 Å². The Hall–Kier alpha value is -1.85. The first-order valence-corrected chi connectivity index (χ1v) is 7.88. The van der Waals surface area contributed by atoms with Crippen LogP contribution >= 0.6 is 11.8 Å². The molecule has 0 saturated heterocycles. The van der Waals surface area contributed by atoms with Gasteiger partial charge < -0.3 is 10.1 Å². The molecule has 5 heteroatoms. The third-order valence-corrected chi connectivity index (χ3v) is 4.09. The van der Waals surface area contributed by atoms with Crippen molar-refractivity contribution in [3.8, 4) is 0 Å². The number of methoxy groups -OCH3 is 1. The molecule has 0 aromatic heterocycles. The van der Waals surface area contributed by atoms with Gasteiger partial charge in [-0.05, 0) is 35.4 Å². The minimum Gasteiger partial charge on any atom is -0.380 e. The summed E-state index contributed by atoms with van der Waals surface area (Å²) in [6.45, 7) is 0.999. The minimum absolute atomic E-state index is 0.0541. The monoisotopic (exact) mass is 319 g/mol. The summed E-state index contributed by atoms with van der Waals surface area (Å²) in [6, 6.07) is 14.0. The summed E-state index contributed by atoms with van der Waals surface area (Å²) in [7, 11) is 1.65. The molecule has 1 N–H and O–H groups in total. The molecule has 22 heavy (non-hydrogen) atoms. The molecular formula is C17H18FNO2S. The molecule has 0 bridgehead atoms. The Balaban J connectivity index is 1.81. The zero-order valence-corrected chi connectivity index (χ0v) is 13.2. The second-order valence-corrected chi connectivity index (χ2v) is 5.77. The lowest BCUT2D eigenvalue weighted by atomic mass is 10.1. The summed E-state index contributed by atoms with van der Waals surface area (Å²) in [5, 5.41) is 2.89. The molecule has 2 rings (SSSR count). The molecule has 1 amide bonds. The number of ether oxygens (including phenoxy) is 1. The molecule has 0 aliphatic heterocycles. The maximum Gasteiger partial charge on any atom is 0.230 e. The highest BCUT2D eigenvalue weighted by Crippen LogP contribution is 2.17. The number of nitrogens with one attached hydrogen (secondary N) is 1. The summed E-state index contributed by atoms with van der Waals surface area (Å²) in [4.78, 5) is 12.8. The first-order chi connectivity index (χ1) is 10.7. The molecule has 116 valence electrons. The molecule has 0 fully saturated rings. The molecule has 0 radical (unpaired) electrons. The minimum atomic E-state index is -0.274. The first kappa shape index (κ1) is 16.5. The van der Waals surface area contributed by atoms with Crippen molar-refractivity contribution in [1.82, 2.24) is 5.32 Å².